The molecule has 7 heteroatoms. The van der Waals surface area contributed by atoms with Crippen molar-refractivity contribution in [2.45, 2.75) is 78.6 Å². The smallest absolute Gasteiger partial charge is 0.326 e. The van der Waals surface area contributed by atoms with E-state index < -0.39 is 7.12 Å². The van der Waals surface area contributed by atoms with E-state index in [0.717, 1.165) is 36.3 Å². The second-order valence-corrected chi connectivity index (χ2v) is 12.2. The molecule has 6 nitrogen and oxygen atoms in total. The molecule has 40 heavy (non-hydrogen) atoms. The minimum Gasteiger partial charge on any atom is -0.399 e. The molecule has 0 aliphatic heterocycles. The highest BCUT2D eigenvalue weighted by Crippen LogP contribution is 2.31. The van der Waals surface area contributed by atoms with E-state index in [4.69, 9.17) is 15.3 Å². The minimum atomic E-state index is -1.58. The normalized spacial score (nSPS) is 16.5. The van der Waals surface area contributed by atoms with Crippen molar-refractivity contribution in [2.24, 2.45) is 0 Å². The first kappa shape index (κ1) is 26.4. The third-order valence-electron chi connectivity index (χ3n) is 8.31. The Kier molecular flexibility index (Phi) is 6.99. The van der Waals surface area contributed by atoms with Gasteiger partial charge in [-0.1, -0.05) is 96.2 Å². The van der Waals surface area contributed by atoms with Crippen LogP contribution in [-0.4, -0.2) is 36.2 Å². The Morgan fingerprint density at radius 3 is 1.05 bits per heavy atom. The number of aromatic nitrogens is 6. The Bertz CT molecular complexity index is 1420. The van der Waals surface area contributed by atoms with Crippen molar-refractivity contribution in [3.05, 3.63) is 107 Å². The molecule has 0 unspecified atom stereocenters. The van der Waals surface area contributed by atoms with Gasteiger partial charge in [-0.2, -0.15) is 0 Å². The van der Waals surface area contributed by atoms with Crippen molar-refractivity contribution >= 4 is 23.8 Å². The van der Waals surface area contributed by atoms with Crippen LogP contribution in [0.25, 0.3) is 16.7 Å². The van der Waals surface area contributed by atoms with E-state index in [2.05, 4.69) is 128 Å². The molecular formula is C33H40BN6-. The van der Waals surface area contributed by atoms with Crippen molar-refractivity contribution < 1.29 is 0 Å². The van der Waals surface area contributed by atoms with Gasteiger partial charge in [0.2, 0.25) is 0 Å². The summed E-state index contributed by atoms with van der Waals surface area (Å²) in [5, 5.41) is 16.1. The molecule has 3 heterocycles. The van der Waals surface area contributed by atoms with Gasteiger partial charge in [-0.15, -0.1) is 0 Å². The molecule has 0 saturated carbocycles. The van der Waals surface area contributed by atoms with E-state index in [1.165, 1.54) is 33.8 Å². The fourth-order valence-electron chi connectivity index (χ4n) is 6.13. The number of hydrogen-bond acceptors (Lipinski definition) is 3. The van der Waals surface area contributed by atoms with Crippen LogP contribution >= 0.6 is 0 Å². The third-order valence-corrected chi connectivity index (χ3v) is 8.31. The molecule has 3 aromatic rings. The molecule has 3 aliphatic carbocycles. The number of nitrogens with zero attached hydrogens (tertiary/aromatic N) is 6. The van der Waals surface area contributed by atoms with Crippen LogP contribution in [0.5, 0.6) is 0 Å². The number of hydrogen-bond donors (Lipinski definition) is 0. The minimum absolute atomic E-state index is 0.296. The van der Waals surface area contributed by atoms with E-state index in [1.54, 1.807) is 0 Å². The highest BCUT2D eigenvalue weighted by atomic mass is 15.5. The molecule has 0 amide bonds. The predicted molar refractivity (Wildman–Crippen MR) is 167 cm³/mol. The van der Waals surface area contributed by atoms with E-state index >= 15 is 0 Å². The molecule has 0 bridgehead atoms. The van der Waals surface area contributed by atoms with Crippen molar-refractivity contribution in [3.63, 3.8) is 0 Å². The molecule has 0 spiro atoms. The van der Waals surface area contributed by atoms with Crippen LogP contribution in [0.3, 0.4) is 0 Å². The standard InChI is InChI=1S/C33H40BN6/c1-22(2)31-19-28(25-13-7-8-14-25)35-38(31)34(39-32(23(3)4)20-29(36-39)26-15-9-10-16-26)40-33(24(5)6)21-30(37-40)27-17-11-12-18-27/h7-13,15,17,19-24,34H,14,16,18H2,1-6H3/q-1. The van der Waals surface area contributed by atoms with Crippen molar-refractivity contribution in [3.8, 4) is 0 Å². The maximum atomic E-state index is 5.35. The Morgan fingerprint density at radius 1 is 0.525 bits per heavy atom. The molecule has 3 aromatic heterocycles. The second kappa shape index (κ2) is 10.6. The lowest BCUT2D eigenvalue weighted by molar-refractivity contribution is 0.661. The SMILES string of the molecule is CC(C)c1cc(C2=CC=CC2)nn1[BH-](n1nc(C2=CC=CC2)cc1C(C)C)n1nc(C2=CC=CC2)cc1C(C)C. The summed E-state index contributed by atoms with van der Waals surface area (Å²) in [5.41, 5.74) is 10.6. The van der Waals surface area contributed by atoms with Gasteiger partial charge >= 0.3 is 7.12 Å². The lowest BCUT2D eigenvalue weighted by Gasteiger charge is -2.34. The Labute approximate surface area is 238 Å². The lowest BCUT2D eigenvalue weighted by atomic mass is 9.89. The zero-order valence-electron chi connectivity index (χ0n) is 24.7. The highest BCUT2D eigenvalue weighted by molar-refractivity contribution is 6.53. The Hall–Kier alpha value is -3.87. The second-order valence-electron chi connectivity index (χ2n) is 12.2. The fraction of sp³-hybridized carbons (Fsp3) is 0.364. The van der Waals surface area contributed by atoms with Gasteiger partial charge in [-0.05, 0) is 71.9 Å². The largest absolute Gasteiger partial charge is 0.399 e. The van der Waals surface area contributed by atoms with E-state index in [9.17, 15) is 0 Å². The molecule has 0 atom stereocenters. The van der Waals surface area contributed by atoms with Gasteiger partial charge in [0.15, 0.2) is 0 Å². The van der Waals surface area contributed by atoms with Gasteiger partial charge in [-0.25, -0.2) is 15.3 Å². The van der Waals surface area contributed by atoms with Gasteiger partial charge in [0.25, 0.3) is 0 Å². The van der Waals surface area contributed by atoms with Crippen LogP contribution in [-0.2, 0) is 0 Å². The lowest BCUT2D eigenvalue weighted by Crippen LogP contribution is -2.47. The zero-order chi connectivity index (χ0) is 28.0. The first-order chi connectivity index (χ1) is 19.3. The maximum Gasteiger partial charge on any atom is 0.326 e. The fourth-order valence-corrected chi connectivity index (χ4v) is 6.13. The van der Waals surface area contributed by atoms with Gasteiger partial charge < -0.3 is 13.8 Å². The first-order valence-electron chi connectivity index (χ1n) is 14.9. The number of allylic oxidation sites excluding steroid dienone is 12. The van der Waals surface area contributed by atoms with Gasteiger partial charge in [0.05, 0.1) is 17.1 Å². The monoisotopic (exact) mass is 531 g/mol. The summed E-state index contributed by atoms with van der Waals surface area (Å²) in [6.45, 7) is 13.6. The number of rotatable bonds is 9. The molecule has 0 radical (unpaired) electrons. The summed E-state index contributed by atoms with van der Waals surface area (Å²) in [6.07, 6.45) is 22.3. The molecule has 206 valence electrons. The van der Waals surface area contributed by atoms with E-state index in [0.29, 0.717) is 17.8 Å². The van der Waals surface area contributed by atoms with Gasteiger partial charge in [-0.3, -0.25) is 0 Å². The predicted octanol–water partition coefficient (Wildman–Crippen LogP) is 7.34. The first-order valence-corrected chi connectivity index (χ1v) is 14.9. The summed E-state index contributed by atoms with van der Waals surface area (Å²) >= 11 is 0. The molecule has 3 aliphatic rings. The molecule has 0 saturated heterocycles. The van der Waals surface area contributed by atoms with E-state index in [1.807, 2.05) is 0 Å². The van der Waals surface area contributed by atoms with Crippen LogP contribution in [0.1, 0.15) is 113 Å². The Balaban J connectivity index is 1.60. The van der Waals surface area contributed by atoms with Gasteiger partial charge in [0.1, 0.15) is 0 Å². The van der Waals surface area contributed by atoms with Gasteiger partial charge in [0, 0.05) is 17.1 Å². The highest BCUT2D eigenvalue weighted by Gasteiger charge is 2.27. The summed E-state index contributed by atoms with van der Waals surface area (Å²) < 4.78 is 6.81. The molecule has 6 rings (SSSR count). The average molecular weight is 532 g/mol. The molecule has 0 N–H and O–H groups in total. The quantitative estimate of drug-likeness (QED) is 0.272. The van der Waals surface area contributed by atoms with Crippen LogP contribution in [0.4, 0.5) is 0 Å². The zero-order valence-corrected chi connectivity index (χ0v) is 24.7. The average Bonchev–Trinajstić information content (AvgIpc) is 3.77. The molecule has 0 fully saturated rings. The summed E-state index contributed by atoms with van der Waals surface area (Å²) in [6, 6.07) is 6.86. The van der Waals surface area contributed by atoms with Crippen molar-refractivity contribution in [1.29, 1.82) is 0 Å². The van der Waals surface area contributed by atoms with Crippen molar-refractivity contribution in [2.75, 3.05) is 0 Å². The molecule has 0 aromatic carbocycles. The summed E-state index contributed by atoms with van der Waals surface area (Å²) in [5.74, 6) is 0.888. The topological polar surface area (TPSA) is 53.5 Å². The maximum absolute atomic E-state index is 5.35. The van der Waals surface area contributed by atoms with E-state index in [-0.39, 0.29) is 0 Å². The summed E-state index contributed by atoms with van der Waals surface area (Å²) in [7, 11) is -1.58. The van der Waals surface area contributed by atoms with Crippen molar-refractivity contribution in [1.82, 2.24) is 29.1 Å². The van der Waals surface area contributed by atoms with Crippen LogP contribution in [0, 0.1) is 0 Å². The van der Waals surface area contributed by atoms with Crippen LogP contribution < -0.4 is 0 Å². The van der Waals surface area contributed by atoms with Crippen LogP contribution in [0.2, 0.25) is 0 Å². The van der Waals surface area contributed by atoms with Crippen LogP contribution in [0.15, 0.2) is 72.9 Å². The summed E-state index contributed by atoms with van der Waals surface area (Å²) in [4.78, 5) is 0. The molecular weight excluding hydrogens is 491 g/mol. The third kappa shape index (κ3) is 4.72. The Morgan fingerprint density at radius 2 is 0.825 bits per heavy atom.